The Kier molecular flexibility index (Phi) is 4.46. The number of hydrogen-bond acceptors (Lipinski definition) is 4. The van der Waals surface area contributed by atoms with Gasteiger partial charge in [0.05, 0.1) is 17.6 Å². The largest absolute Gasteiger partial charge is 0.354 e. The Morgan fingerprint density at radius 3 is 2.96 bits per heavy atom. The first-order chi connectivity index (χ1) is 11.2. The monoisotopic (exact) mass is 311 g/mol. The maximum atomic E-state index is 12.0. The van der Waals surface area contributed by atoms with E-state index in [4.69, 9.17) is 0 Å². The van der Waals surface area contributed by atoms with E-state index in [1.54, 1.807) is 16.9 Å². The summed E-state index contributed by atoms with van der Waals surface area (Å²) in [5, 5.41) is 6.87. The summed E-state index contributed by atoms with van der Waals surface area (Å²) in [7, 11) is 0. The van der Waals surface area contributed by atoms with Crippen LogP contribution in [0.3, 0.4) is 0 Å². The fourth-order valence-electron chi connectivity index (χ4n) is 2.30. The number of H-pyrrole nitrogens is 1. The lowest BCUT2D eigenvalue weighted by molar-refractivity contribution is -0.121. The second-order valence-electron chi connectivity index (χ2n) is 5.15. The second-order valence-corrected chi connectivity index (χ2v) is 5.15. The van der Waals surface area contributed by atoms with Gasteiger partial charge in [-0.1, -0.05) is 12.1 Å². The van der Waals surface area contributed by atoms with Crippen LogP contribution in [-0.2, 0) is 17.8 Å². The van der Waals surface area contributed by atoms with E-state index in [1.165, 1.54) is 0 Å². The molecule has 0 unspecified atom stereocenters. The van der Waals surface area contributed by atoms with Crippen LogP contribution in [0.25, 0.3) is 11.0 Å². The molecule has 2 N–H and O–H groups in total. The first-order valence-electron chi connectivity index (χ1n) is 7.44. The Hall–Kier alpha value is -2.96. The molecule has 3 rings (SSSR count). The molecule has 0 spiro atoms. The summed E-state index contributed by atoms with van der Waals surface area (Å²) in [5.41, 5.74) is 1.56. The smallest absolute Gasteiger partial charge is 0.270 e. The van der Waals surface area contributed by atoms with Gasteiger partial charge in [0.1, 0.15) is 5.69 Å². The maximum Gasteiger partial charge on any atom is 0.270 e. The number of amides is 1. The first-order valence-corrected chi connectivity index (χ1v) is 7.44. The van der Waals surface area contributed by atoms with Crippen LogP contribution in [0.15, 0.2) is 47.5 Å². The zero-order valence-electron chi connectivity index (χ0n) is 12.5. The van der Waals surface area contributed by atoms with E-state index in [2.05, 4.69) is 20.4 Å². The van der Waals surface area contributed by atoms with Crippen LogP contribution in [0.4, 0.5) is 0 Å². The summed E-state index contributed by atoms with van der Waals surface area (Å²) in [5.74, 6) is -0.105. The van der Waals surface area contributed by atoms with Gasteiger partial charge in [-0.2, -0.15) is 5.10 Å². The molecule has 0 aliphatic heterocycles. The number of nitrogens with zero attached hydrogens (tertiary/aromatic N) is 3. The molecule has 0 bridgehead atoms. The average Bonchev–Trinajstić information content (AvgIpc) is 3.06. The van der Waals surface area contributed by atoms with E-state index in [0.717, 1.165) is 5.52 Å². The van der Waals surface area contributed by atoms with Crippen molar-refractivity contribution in [2.75, 3.05) is 6.54 Å². The van der Waals surface area contributed by atoms with Crippen molar-refractivity contribution < 1.29 is 4.79 Å². The number of carbonyl (C=O) groups is 1. The number of nitrogens with one attached hydrogen (secondary N) is 2. The molecule has 0 saturated carbocycles. The van der Waals surface area contributed by atoms with E-state index in [1.807, 2.05) is 30.5 Å². The van der Waals surface area contributed by atoms with Gasteiger partial charge in [0.15, 0.2) is 0 Å². The van der Waals surface area contributed by atoms with Crippen LogP contribution in [0.1, 0.15) is 12.1 Å². The van der Waals surface area contributed by atoms with Crippen LogP contribution < -0.4 is 10.9 Å². The SMILES string of the molecule is O=C(CCc1nc2ccccc2[nH]c1=O)NCCn1cccn1. The molecular formula is C16H17N5O2. The van der Waals surface area contributed by atoms with Crippen LogP contribution >= 0.6 is 0 Å². The average molecular weight is 311 g/mol. The Labute approximate surface area is 132 Å². The van der Waals surface area contributed by atoms with Gasteiger partial charge in [-0.3, -0.25) is 14.3 Å². The highest BCUT2D eigenvalue weighted by atomic mass is 16.1. The lowest BCUT2D eigenvalue weighted by Crippen LogP contribution is -2.28. The zero-order chi connectivity index (χ0) is 16.1. The molecule has 1 aromatic carbocycles. The minimum absolute atomic E-state index is 0.105. The van der Waals surface area contributed by atoms with Gasteiger partial charge in [-0.05, 0) is 18.2 Å². The van der Waals surface area contributed by atoms with Crippen molar-refractivity contribution >= 4 is 16.9 Å². The molecule has 0 saturated heterocycles. The van der Waals surface area contributed by atoms with Gasteiger partial charge < -0.3 is 10.3 Å². The standard InChI is InChI=1S/C16H17N5O2/c22-15(17-9-11-21-10-3-8-18-21)7-6-14-16(23)20-13-5-2-1-4-12(13)19-14/h1-5,8,10H,6-7,9,11H2,(H,17,22)(H,20,23). The number of aryl methyl sites for hydroxylation is 1. The molecule has 0 aliphatic carbocycles. The van der Waals surface area contributed by atoms with Crippen molar-refractivity contribution in [3.63, 3.8) is 0 Å². The number of hydrogen-bond donors (Lipinski definition) is 2. The normalized spacial score (nSPS) is 10.8. The number of aromatic amines is 1. The molecule has 7 nitrogen and oxygen atoms in total. The van der Waals surface area contributed by atoms with E-state index in [9.17, 15) is 9.59 Å². The number of benzene rings is 1. The molecular weight excluding hydrogens is 294 g/mol. The maximum absolute atomic E-state index is 12.0. The molecule has 2 aromatic heterocycles. The number of para-hydroxylation sites is 2. The number of carbonyl (C=O) groups excluding carboxylic acids is 1. The molecule has 7 heteroatoms. The van der Waals surface area contributed by atoms with Crippen LogP contribution in [0, 0.1) is 0 Å². The minimum Gasteiger partial charge on any atom is -0.354 e. The fraction of sp³-hybridized carbons (Fsp3) is 0.250. The Morgan fingerprint density at radius 2 is 2.13 bits per heavy atom. The highest BCUT2D eigenvalue weighted by Gasteiger charge is 2.08. The van der Waals surface area contributed by atoms with E-state index in [0.29, 0.717) is 30.7 Å². The molecule has 0 fully saturated rings. The third-order valence-electron chi connectivity index (χ3n) is 3.48. The summed E-state index contributed by atoms with van der Waals surface area (Å²) in [6, 6.07) is 9.17. The van der Waals surface area contributed by atoms with Gasteiger partial charge in [0.2, 0.25) is 5.91 Å². The molecule has 0 atom stereocenters. The Morgan fingerprint density at radius 1 is 1.26 bits per heavy atom. The molecule has 3 aromatic rings. The lowest BCUT2D eigenvalue weighted by atomic mass is 10.2. The summed E-state index contributed by atoms with van der Waals surface area (Å²) in [6.07, 6.45) is 4.07. The highest BCUT2D eigenvalue weighted by Crippen LogP contribution is 2.06. The number of rotatable bonds is 6. The van der Waals surface area contributed by atoms with Crippen LogP contribution in [-0.4, -0.2) is 32.2 Å². The van der Waals surface area contributed by atoms with Gasteiger partial charge in [-0.25, -0.2) is 4.98 Å². The van der Waals surface area contributed by atoms with Gasteiger partial charge in [0, 0.05) is 31.8 Å². The highest BCUT2D eigenvalue weighted by molar-refractivity contribution is 5.76. The van der Waals surface area contributed by atoms with Crippen LogP contribution in [0.5, 0.6) is 0 Å². The summed E-state index contributed by atoms with van der Waals surface area (Å²) < 4.78 is 1.75. The molecule has 2 heterocycles. The van der Waals surface area contributed by atoms with Gasteiger partial charge >= 0.3 is 0 Å². The van der Waals surface area contributed by atoms with Crippen molar-refractivity contribution in [2.45, 2.75) is 19.4 Å². The van der Waals surface area contributed by atoms with E-state index in [-0.39, 0.29) is 17.9 Å². The van der Waals surface area contributed by atoms with Crippen molar-refractivity contribution in [1.82, 2.24) is 25.1 Å². The quantitative estimate of drug-likeness (QED) is 0.706. The van der Waals surface area contributed by atoms with E-state index < -0.39 is 0 Å². The van der Waals surface area contributed by atoms with Gasteiger partial charge in [0.25, 0.3) is 5.56 Å². The predicted molar refractivity (Wildman–Crippen MR) is 85.9 cm³/mol. The lowest BCUT2D eigenvalue weighted by Gasteiger charge is -2.05. The minimum atomic E-state index is -0.243. The Balaban J connectivity index is 1.54. The molecule has 0 radical (unpaired) electrons. The third-order valence-corrected chi connectivity index (χ3v) is 3.48. The van der Waals surface area contributed by atoms with Crippen LogP contribution in [0.2, 0.25) is 0 Å². The summed E-state index contributed by atoms with van der Waals surface area (Å²) >= 11 is 0. The van der Waals surface area contributed by atoms with Gasteiger partial charge in [-0.15, -0.1) is 0 Å². The molecule has 23 heavy (non-hydrogen) atoms. The van der Waals surface area contributed by atoms with Crippen molar-refractivity contribution in [3.05, 3.63) is 58.8 Å². The molecule has 1 amide bonds. The molecule has 0 aliphatic rings. The van der Waals surface area contributed by atoms with Crippen molar-refractivity contribution in [3.8, 4) is 0 Å². The molecule has 118 valence electrons. The summed E-state index contributed by atoms with van der Waals surface area (Å²) in [4.78, 5) is 30.9. The summed E-state index contributed by atoms with van der Waals surface area (Å²) in [6.45, 7) is 1.12. The third kappa shape index (κ3) is 3.82. The first kappa shape index (κ1) is 15.0. The second kappa shape index (κ2) is 6.87. The zero-order valence-corrected chi connectivity index (χ0v) is 12.5. The topological polar surface area (TPSA) is 92.7 Å². The van der Waals surface area contributed by atoms with E-state index >= 15 is 0 Å². The van der Waals surface area contributed by atoms with Crippen molar-refractivity contribution in [1.29, 1.82) is 0 Å². The fourth-order valence-corrected chi connectivity index (χ4v) is 2.30. The Bertz CT molecular complexity index is 854. The number of aromatic nitrogens is 4. The van der Waals surface area contributed by atoms with Crippen molar-refractivity contribution in [2.24, 2.45) is 0 Å². The predicted octanol–water partition coefficient (Wildman–Crippen LogP) is 0.869. The number of fused-ring (bicyclic) bond motifs is 1.